The summed E-state index contributed by atoms with van der Waals surface area (Å²) in [6, 6.07) is 8.73. The molecule has 0 aliphatic carbocycles. The van der Waals surface area contributed by atoms with Crippen molar-refractivity contribution in [1.29, 1.82) is 0 Å². The molecular formula is C16H26N2. The molecule has 0 radical (unpaired) electrons. The second-order valence-corrected chi connectivity index (χ2v) is 5.41. The maximum absolute atomic E-state index is 3.58. The fourth-order valence-electron chi connectivity index (χ4n) is 2.93. The third-order valence-corrected chi connectivity index (χ3v) is 3.70. The van der Waals surface area contributed by atoms with E-state index in [-0.39, 0.29) is 0 Å². The summed E-state index contributed by atoms with van der Waals surface area (Å²) in [7, 11) is 0. The summed E-state index contributed by atoms with van der Waals surface area (Å²) in [5, 5.41) is 3.58. The van der Waals surface area contributed by atoms with Crippen molar-refractivity contribution in [2.75, 3.05) is 31.5 Å². The van der Waals surface area contributed by atoms with Crippen LogP contribution in [0.5, 0.6) is 0 Å². The summed E-state index contributed by atoms with van der Waals surface area (Å²) < 4.78 is 0. The number of anilines is 1. The minimum absolute atomic E-state index is 0.762. The predicted octanol–water partition coefficient (Wildman–Crippen LogP) is 3.39. The Labute approximate surface area is 111 Å². The highest BCUT2D eigenvalue weighted by molar-refractivity contribution is 5.53. The van der Waals surface area contributed by atoms with Crippen LogP contribution in [0.4, 0.5) is 5.69 Å². The second kappa shape index (κ2) is 6.79. The Balaban J connectivity index is 1.91. The first-order valence-electron chi connectivity index (χ1n) is 7.37. The molecule has 1 aromatic rings. The molecule has 1 aliphatic rings. The highest BCUT2D eigenvalue weighted by Crippen LogP contribution is 2.24. The average Bonchev–Trinajstić information content (AvgIpc) is 2.39. The summed E-state index contributed by atoms with van der Waals surface area (Å²) in [5.41, 5.74) is 2.83. The lowest BCUT2D eigenvalue weighted by molar-refractivity contribution is 0.232. The van der Waals surface area contributed by atoms with E-state index in [1.165, 1.54) is 50.1 Å². The molecule has 1 aliphatic heterocycles. The Bertz CT molecular complexity index is 356. The van der Waals surface area contributed by atoms with E-state index in [1.807, 2.05) is 0 Å². The molecule has 0 saturated heterocycles. The van der Waals surface area contributed by atoms with E-state index in [4.69, 9.17) is 0 Å². The molecule has 1 atom stereocenters. The van der Waals surface area contributed by atoms with Crippen LogP contribution in [0.3, 0.4) is 0 Å². The van der Waals surface area contributed by atoms with E-state index in [1.54, 1.807) is 0 Å². The van der Waals surface area contributed by atoms with Crippen LogP contribution in [0.15, 0.2) is 24.3 Å². The van der Waals surface area contributed by atoms with Gasteiger partial charge in [0.25, 0.3) is 0 Å². The first kappa shape index (κ1) is 13.4. The molecule has 1 heterocycles. The highest BCUT2D eigenvalue weighted by atomic mass is 15.1. The van der Waals surface area contributed by atoms with Crippen LogP contribution in [0, 0.1) is 5.92 Å². The van der Waals surface area contributed by atoms with E-state index < -0.39 is 0 Å². The lowest BCUT2D eigenvalue weighted by Gasteiger charge is -2.31. The Morgan fingerprint density at radius 1 is 1.17 bits per heavy atom. The van der Waals surface area contributed by atoms with Gasteiger partial charge < -0.3 is 10.2 Å². The molecule has 1 aromatic carbocycles. The smallest absolute Gasteiger partial charge is 0.0372 e. The summed E-state index contributed by atoms with van der Waals surface area (Å²) in [6.07, 6.45) is 3.75. The summed E-state index contributed by atoms with van der Waals surface area (Å²) in [6.45, 7) is 9.40. The van der Waals surface area contributed by atoms with Crippen molar-refractivity contribution in [1.82, 2.24) is 4.90 Å². The molecule has 0 saturated carbocycles. The first-order valence-corrected chi connectivity index (χ1v) is 7.37. The molecular weight excluding hydrogens is 220 g/mol. The molecule has 100 valence electrons. The van der Waals surface area contributed by atoms with Crippen molar-refractivity contribution in [3.05, 3.63) is 29.8 Å². The standard InChI is InChI=1S/C16H26N2/c1-3-9-18(10-4-2)13-14-11-15-7-5-6-8-16(15)17-12-14/h5-8,14,17H,3-4,9-13H2,1-2H3. The van der Waals surface area contributed by atoms with Gasteiger partial charge in [0.1, 0.15) is 0 Å². The Morgan fingerprint density at radius 3 is 2.61 bits per heavy atom. The van der Waals surface area contributed by atoms with Crippen molar-refractivity contribution >= 4 is 5.69 Å². The third kappa shape index (κ3) is 3.49. The molecule has 0 bridgehead atoms. The van der Waals surface area contributed by atoms with E-state index in [9.17, 15) is 0 Å². The predicted molar refractivity (Wildman–Crippen MR) is 79.1 cm³/mol. The number of nitrogens with one attached hydrogen (secondary N) is 1. The third-order valence-electron chi connectivity index (χ3n) is 3.70. The van der Waals surface area contributed by atoms with Crippen molar-refractivity contribution < 1.29 is 0 Å². The normalized spacial score (nSPS) is 18.5. The van der Waals surface area contributed by atoms with Crippen LogP contribution >= 0.6 is 0 Å². The summed E-state index contributed by atoms with van der Waals surface area (Å²) in [5.74, 6) is 0.762. The van der Waals surface area contributed by atoms with Crippen molar-refractivity contribution in [2.24, 2.45) is 5.92 Å². The number of fused-ring (bicyclic) bond motifs is 1. The molecule has 0 amide bonds. The van der Waals surface area contributed by atoms with Crippen molar-refractivity contribution in [3.8, 4) is 0 Å². The lowest BCUT2D eigenvalue weighted by atomic mass is 9.93. The second-order valence-electron chi connectivity index (χ2n) is 5.41. The van der Waals surface area contributed by atoms with Gasteiger partial charge in [0.05, 0.1) is 0 Å². The minimum atomic E-state index is 0.762. The first-order chi connectivity index (χ1) is 8.83. The molecule has 1 unspecified atom stereocenters. The van der Waals surface area contributed by atoms with E-state index in [0.29, 0.717) is 0 Å². The molecule has 0 aromatic heterocycles. The maximum Gasteiger partial charge on any atom is 0.0372 e. The van der Waals surface area contributed by atoms with Crippen LogP contribution in [0.25, 0.3) is 0 Å². The Morgan fingerprint density at radius 2 is 1.89 bits per heavy atom. The van der Waals surface area contributed by atoms with Crippen LogP contribution in [0.1, 0.15) is 32.3 Å². The van der Waals surface area contributed by atoms with E-state index in [2.05, 4.69) is 48.3 Å². The Kier molecular flexibility index (Phi) is 5.06. The van der Waals surface area contributed by atoms with E-state index in [0.717, 1.165) is 12.5 Å². The van der Waals surface area contributed by atoms with Crippen molar-refractivity contribution in [2.45, 2.75) is 33.1 Å². The molecule has 0 fully saturated rings. The largest absolute Gasteiger partial charge is 0.384 e. The van der Waals surface area contributed by atoms with Gasteiger partial charge in [-0.25, -0.2) is 0 Å². The van der Waals surface area contributed by atoms with Gasteiger partial charge in [-0.1, -0.05) is 32.0 Å². The number of benzene rings is 1. The molecule has 1 N–H and O–H groups in total. The van der Waals surface area contributed by atoms with Gasteiger partial charge in [0.15, 0.2) is 0 Å². The zero-order chi connectivity index (χ0) is 12.8. The average molecular weight is 246 g/mol. The van der Waals surface area contributed by atoms with Gasteiger partial charge in [0.2, 0.25) is 0 Å². The summed E-state index contributed by atoms with van der Waals surface area (Å²) >= 11 is 0. The maximum atomic E-state index is 3.58. The highest BCUT2D eigenvalue weighted by Gasteiger charge is 2.19. The SMILES string of the molecule is CCCN(CCC)CC1CNc2ccccc2C1. The fourth-order valence-corrected chi connectivity index (χ4v) is 2.93. The number of hydrogen-bond acceptors (Lipinski definition) is 2. The topological polar surface area (TPSA) is 15.3 Å². The number of rotatable bonds is 6. The van der Waals surface area contributed by atoms with Crippen LogP contribution in [0.2, 0.25) is 0 Å². The van der Waals surface area contributed by atoms with Gasteiger partial charge in [0, 0.05) is 18.8 Å². The van der Waals surface area contributed by atoms with Crippen LogP contribution in [-0.4, -0.2) is 31.1 Å². The fraction of sp³-hybridized carbons (Fsp3) is 0.625. The molecule has 2 heteroatoms. The Hall–Kier alpha value is -1.02. The molecule has 0 spiro atoms. The van der Waals surface area contributed by atoms with Crippen LogP contribution in [-0.2, 0) is 6.42 Å². The van der Waals surface area contributed by atoms with Gasteiger partial charge >= 0.3 is 0 Å². The molecule has 18 heavy (non-hydrogen) atoms. The van der Waals surface area contributed by atoms with E-state index >= 15 is 0 Å². The van der Waals surface area contributed by atoms with Gasteiger partial charge in [-0.2, -0.15) is 0 Å². The minimum Gasteiger partial charge on any atom is -0.384 e. The van der Waals surface area contributed by atoms with Crippen molar-refractivity contribution in [3.63, 3.8) is 0 Å². The van der Waals surface area contributed by atoms with Gasteiger partial charge in [-0.3, -0.25) is 0 Å². The number of hydrogen-bond donors (Lipinski definition) is 1. The monoisotopic (exact) mass is 246 g/mol. The van der Waals surface area contributed by atoms with Crippen LogP contribution < -0.4 is 5.32 Å². The van der Waals surface area contributed by atoms with Gasteiger partial charge in [-0.15, -0.1) is 0 Å². The zero-order valence-corrected chi connectivity index (χ0v) is 11.8. The lowest BCUT2D eigenvalue weighted by Crippen LogP contribution is -2.36. The molecule has 2 nitrogen and oxygen atoms in total. The number of para-hydroxylation sites is 1. The zero-order valence-electron chi connectivity index (χ0n) is 11.8. The van der Waals surface area contributed by atoms with Gasteiger partial charge in [-0.05, 0) is 49.9 Å². The number of nitrogens with zero attached hydrogens (tertiary/aromatic N) is 1. The quantitative estimate of drug-likeness (QED) is 0.827. The molecule has 2 rings (SSSR count). The summed E-state index contributed by atoms with van der Waals surface area (Å²) in [4.78, 5) is 2.63.